The van der Waals surface area contributed by atoms with Gasteiger partial charge in [-0.25, -0.2) is 4.39 Å². The molecule has 8 aromatic rings. The van der Waals surface area contributed by atoms with Gasteiger partial charge in [-0.3, -0.25) is 9.69 Å². The molecule has 2 spiro atoms. The average molecular weight is 913 g/mol. The van der Waals surface area contributed by atoms with E-state index < -0.39 is 10.8 Å². The number of methoxy groups -OCH3 is 1. The number of nitrogens with zero attached hydrogens (tertiary/aromatic N) is 2. The summed E-state index contributed by atoms with van der Waals surface area (Å²) in [6.07, 6.45) is 0. The highest BCUT2D eigenvalue weighted by molar-refractivity contribution is 6.12. The van der Waals surface area contributed by atoms with Gasteiger partial charge < -0.3 is 28.6 Å². The van der Waals surface area contributed by atoms with Crippen LogP contribution in [-0.2, 0) is 15.6 Å². The fourth-order valence-corrected chi connectivity index (χ4v) is 11.4. The third-order valence-corrected chi connectivity index (χ3v) is 14.5. The molecule has 2 atom stereocenters. The number of benzene rings is 8. The molecule has 69 heavy (non-hydrogen) atoms. The molecule has 13 rings (SSSR count). The molecule has 0 aromatic heterocycles. The van der Waals surface area contributed by atoms with Crippen molar-refractivity contribution in [1.82, 2.24) is 0 Å². The van der Waals surface area contributed by atoms with Crippen molar-refractivity contribution in [2.75, 3.05) is 49.9 Å². The number of carbonyl (C=O) groups is 1. The molecule has 0 saturated carbocycles. The van der Waals surface area contributed by atoms with Gasteiger partial charge in [-0.15, -0.1) is 0 Å². The molecule has 5 aliphatic heterocycles. The minimum absolute atomic E-state index is 0.0257. The van der Waals surface area contributed by atoms with E-state index in [1.165, 1.54) is 11.1 Å². The molecule has 5 aliphatic rings. The van der Waals surface area contributed by atoms with Crippen LogP contribution in [0.1, 0.15) is 62.2 Å². The lowest BCUT2D eigenvalue weighted by Crippen LogP contribution is -2.44. The quantitative estimate of drug-likeness (QED) is 0.158. The lowest BCUT2D eigenvalue weighted by Gasteiger charge is -2.33. The largest absolute Gasteiger partial charge is 0.496 e. The van der Waals surface area contributed by atoms with E-state index in [9.17, 15) is 4.79 Å². The first-order valence-corrected chi connectivity index (χ1v) is 23.5. The molecule has 5 heterocycles. The molecule has 0 N–H and O–H groups in total. The Hall–Kier alpha value is -8.04. The molecule has 0 aliphatic carbocycles. The SMILES string of the molecule is COc1cc2c(cc1C)C1(CO2)C(=O)N(C(c2ccccc2)c2ccccc2)c2ccccc21.Fc1c2c(cc3c1C1(CO3)CN(C(c3ccccc3)c3ccccc3)c3ccccc31)OCCO2. The average Bonchev–Trinajstić information content (AvgIpc) is 4.13. The number of hydrogen-bond donors (Lipinski definition) is 0. The van der Waals surface area contributed by atoms with E-state index in [-0.39, 0.29) is 36.2 Å². The zero-order valence-corrected chi connectivity index (χ0v) is 38.3. The lowest BCUT2D eigenvalue weighted by molar-refractivity contribution is -0.122. The number of fused-ring (bicyclic) bond motifs is 9. The van der Waals surface area contributed by atoms with Crippen molar-refractivity contribution >= 4 is 17.3 Å². The number of anilines is 2. The molecule has 0 saturated heterocycles. The van der Waals surface area contributed by atoms with Crippen LogP contribution in [0, 0.1) is 12.7 Å². The van der Waals surface area contributed by atoms with Crippen molar-refractivity contribution in [3.05, 3.63) is 244 Å². The predicted octanol–water partition coefficient (Wildman–Crippen LogP) is 11.7. The van der Waals surface area contributed by atoms with Gasteiger partial charge in [0.1, 0.15) is 49.1 Å². The summed E-state index contributed by atoms with van der Waals surface area (Å²) in [4.78, 5) is 19.0. The molecular formula is C60H49FN2O6. The van der Waals surface area contributed by atoms with Gasteiger partial charge in [-0.2, -0.15) is 0 Å². The molecule has 0 bridgehead atoms. The van der Waals surface area contributed by atoms with E-state index in [0.717, 1.165) is 50.5 Å². The number of rotatable bonds is 7. The molecule has 342 valence electrons. The van der Waals surface area contributed by atoms with Crippen molar-refractivity contribution in [3.8, 4) is 28.7 Å². The molecule has 8 aromatic carbocycles. The maximum absolute atomic E-state index is 16.1. The number of halogens is 1. The van der Waals surface area contributed by atoms with Crippen LogP contribution in [-0.4, -0.2) is 46.0 Å². The second-order valence-corrected chi connectivity index (χ2v) is 18.3. The Labute approximate surface area is 401 Å². The van der Waals surface area contributed by atoms with Gasteiger partial charge >= 0.3 is 0 Å². The maximum Gasteiger partial charge on any atom is 0.246 e. The highest BCUT2D eigenvalue weighted by atomic mass is 19.1. The summed E-state index contributed by atoms with van der Waals surface area (Å²) < 4.78 is 45.4. The number of hydrogen-bond acceptors (Lipinski definition) is 7. The second-order valence-electron chi connectivity index (χ2n) is 18.3. The monoisotopic (exact) mass is 912 g/mol. The molecule has 1 amide bonds. The molecule has 9 heteroatoms. The van der Waals surface area contributed by atoms with E-state index >= 15 is 4.39 Å². The lowest BCUT2D eigenvalue weighted by atomic mass is 9.76. The minimum atomic E-state index is -0.884. The molecule has 0 fully saturated rings. The Balaban J connectivity index is 0.000000143. The number of carbonyl (C=O) groups excluding carboxylic acids is 1. The summed E-state index contributed by atoms with van der Waals surface area (Å²) >= 11 is 0. The minimum Gasteiger partial charge on any atom is -0.496 e. The van der Waals surface area contributed by atoms with Crippen LogP contribution in [0.15, 0.2) is 188 Å². The molecule has 8 nitrogen and oxygen atoms in total. The Morgan fingerprint density at radius 3 is 1.71 bits per heavy atom. The number of ether oxygens (including phenoxy) is 5. The van der Waals surface area contributed by atoms with E-state index in [1.807, 2.05) is 84.6 Å². The maximum atomic E-state index is 16.1. The Morgan fingerprint density at radius 2 is 1.09 bits per heavy atom. The fourth-order valence-electron chi connectivity index (χ4n) is 11.4. The second kappa shape index (κ2) is 16.9. The smallest absolute Gasteiger partial charge is 0.246 e. The summed E-state index contributed by atoms with van der Waals surface area (Å²) in [6, 6.07) is 63.4. The van der Waals surface area contributed by atoms with Gasteiger partial charge in [0.25, 0.3) is 0 Å². The third kappa shape index (κ3) is 6.66. The first kappa shape index (κ1) is 42.3. The zero-order valence-electron chi connectivity index (χ0n) is 38.3. The summed E-state index contributed by atoms with van der Waals surface area (Å²) in [5, 5.41) is 0. The summed E-state index contributed by atoms with van der Waals surface area (Å²) in [5.74, 6) is 2.29. The fraction of sp³-hybridized carbons (Fsp3) is 0.183. The van der Waals surface area contributed by atoms with Crippen LogP contribution in [0.3, 0.4) is 0 Å². The zero-order chi connectivity index (χ0) is 46.7. The molecular weight excluding hydrogens is 864 g/mol. The van der Waals surface area contributed by atoms with E-state index in [1.54, 1.807) is 13.2 Å². The first-order chi connectivity index (χ1) is 33.9. The van der Waals surface area contributed by atoms with E-state index in [2.05, 4.69) is 114 Å². The standard InChI is InChI=1S/C30H24FNO3.C30H25NO3/c31-27-26-24(17-25-29(27)34-16-15-33-25)35-19-30(26)18-32(23-14-8-7-13-22(23)30)28(20-9-3-1-4-10-20)21-11-5-2-6-12-21;1-20-17-24-27(18-26(20)33-2)34-19-30(24)23-15-9-10-16-25(23)31(29(30)32)28(21-11-5-3-6-12-21)22-13-7-4-8-14-22/h1-14,17,28H,15-16,18-19H2;3-18,28H,19H2,1-2H3. The van der Waals surface area contributed by atoms with E-state index in [0.29, 0.717) is 49.2 Å². The molecule has 2 unspecified atom stereocenters. The third-order valence-electron chi connectivity index (χ3n) is 14.5. The Morgan fingerprint density at radius 1 is 0.551 bits per heavy atom. The van der Waals surface area contributed by atoms with Crippen molar-refractivity contribution in [1.29, 1.82) is 0 Å². The van der Waals surface area contributed by atoms with Crippen LogP contribution >= 0.6 is 0 Å². The van der Waals surface area contributed by atoms with Gasteiger partial charge in [0.2, 0.25) is 5.91 Å². The Bertz CT molecular complexity index is 3150. The van der Waals surface area contributed by atoms with Crippen molar-refractivity contribution in [2.24, 2.45) is 0 Å². The van der Waals surface area contributed by atoms with Crippen LogP contribution < -0.4 is 33.5 Å². The number of para-hydroxylation sites is 2. The highest BCUT2D eigenvalue weighted by Crippen LogP contribution is 2.58. The topological polar surface area (TPSA) is 69.7 Å². The summed E-state index contributed by atoms with van der Waals surface area (Å²) in [5.41, 5.74) is 9.52. The summed E-state index contributed by atoms with van der Waals surface area (Å²) in [6.45, 7) is 3.98. The first-order valence-electron chi connectivity index (χ1n) is 23.5. The van der Waals surface area contributed by atoms with Crippen LogP contribution in [0.5, 0.6) is 28.7 Å². The van der Waals surface area contributed by atoms with Gasteiger partial charge in [0.15, 0.2) is 17.3 Å². The van der Waals surface area contributed by atoms with Crippen molar-refractivity contribution < 1.29 is 32.9 Å². The van der Waals surface area contributed by atoms with Crippen LogP contribution in [0.25, 0.3) is 0 Å². The van der Waals surface area contributed by atoms with Crippen molar-refractivity contribution in [3.63, 3.8) is 0 Å². The number of amides is 1. The van der Waals surface area contributed by atoms with Gasteiger partial charge in [-0.05, 0) is 64.1 Å². The van der Waals surface area contributed by atoms with Gasteiger partial charge in [0.05, 0.1) is 24.6 Å². The van der Waals surface area contributed by atoms with Gasteiger partial charge in [-0.1, -0.05) is 158 Å². The van der Waals surface area contributed by atoms with Crippen LogP contribution in [0.4, 0.5) is 15.8 Å². The number of aryl methyl sites for hydroxylation is 1. The van der Waals surface area contributed by atoms with Crippen molar-refractivity contribution in [2.45, 2.75) is 29.8 Å². The van der Waals surface area contributed by atoms with E-state index in [4.69, 9.17) is 23.7 Å². The predicted molar refractivity (Wildman–Crippen MR) is 265 cm³/mol. The molecule has 0 radical (unpaired) electrons. The van der Waals surface area contributed by atoms with Crippen LogP contribution in [0.2, 0.25) is 0 Å². The summed E-state index contributed by atoms with van der Waals surface area (Å²) in [7, 11) is 1.65. The normalized spacial score (nSPS) is 18.9. The Kier molecular flexibility index (Phi) is 10.4. The van der Waals surface area contributed by atoms with Gasteiger partial charge in [0, 0.05) is 41.2 Å². The highest BCUT2D eigenvalue weighted by Gasteiger charge is 2.59.